The van der Waals surface area contributed by atoms with Crippen LogP contribution in [0.3, 0.4) is 0 Å². The molecule has 1 heterocycles. The number of halogens is 1. The molecule has 1 aliphatic carbocycles. The molecule has 0 spiro atoms. The lowest BCUT2D eigenvalue weighted by atomic mass is 9.88. The van der Waals surface area contributed by atoms with E-state index in [0.717, 1.165) is 6.42 Å². The van der Waals surface area contributed by atoms with Gasteiger partial charge in [0.25, 0.3) is 0 Å². The third-order valence-electron chi connectivity index (χ3n) is 3.85. The molecule has 1 aromatic heterocycles. The summed E-state index contributed by atoms with van der Waals surface area (Å²) >= 11 is 5.40. The molecule has 1 unspecified atom stereocenters. The lowest BCUT2D eigenvalue weighted by Gasteiger charge is -2.28. The maximum Gasteiger partial charge on any atom is 0.0388 e. The van der Waals surface area contributed by atoms with Gasteiger partial charge < -0.3 is 5.32 Å². The van der Waals surface area contributed by atoms with E-state index in [1.165, 1.54) is 33.3 Å². The van der Waals surface area contributed by atoms with Gasteiger partial charge in [-0.25, -0.2) is 0 Å². The summed E-state index contributed by atoms with van der Waals surface area (Å²) < 4.78 is 1.20. The molecule has 1 nitrogen and oxygen atoms in total. The van der Waals surface area contributed by atoms with E-state index >= 15 is 0 Å². The molecule has 3 heteroatoms. The summed E-state index contributed by atoms with van der Waals surface area (Å²) in [6.07, 6.45) is 3.57. The fraction of sp³-hybridized carbons (Fsp3) is 0.375. The van der Waals surface area contributed by atoms with Crippen LogP contribution in [0.25, 0.3) is 0 Å². The third-order valence-corrected chi connectivity index (χ3v) is 5.40. The van der Waals surface area contributed by atoms with Gasteiger partial charge in [-0.1, -0.05) is 28.1 Å². The highest BCUT2D eigenvalue weighted by atomic mass is 79.9. The third kappa shape index (κ3) is 3.10. The van der Waals surface area contributed by atoms with Gasteiger partial charge in [-0.15, -0.1) is 11.3 Å². The first-order valence-corrected chi connectivity index (χ1v) is 8.46. The number of rotatable bonds is 3. The van der Waals surface area contributed by atoms with Crippen molar-refractivity contribution in [2.75, 3.05) is 0 Å². The molecular weight excluding hydrogens is 318 g/mol. The Kier molecular flexibility index (Phi) is 4.06. The van der Waals surface area contributed by atoms with E-state index in [9.17, 15) is 0 Å². The van der Waals surface area contributed by atoms with Crippen LogP contribution in [0.5, 0.6) is 0 Å². The van der Waals surface area contributed by atoms with Gasteiger partial charge in [-0.3, -0.25) is 0 Å². The van der Waals surface area contributed by atoms with Gasteiger partial charge in [-0.05, 0) is 60.9 Å². The summed E-state index contributed by atoms with van der Waals surface area (Å²) in [5.41, 5.74) is 3.02. The lowest BCUT2D eigenvalue weighted by molar-refractivity contribution is 0.416. The molecule has 1 aromatic carbocycles. The van der Waals surface area contributed by atoms with Gasteiger partial charge in [0.05, 0.1) is 0 Å². The fourth-order valence-electron chi connectivity index (χ4n) is 2.84. The minimum Gasteiger partial charge on any atom is -0.306 e. The highest BCUT2D eigenvalue weighted by molar-refractivity contribution is 9.10. The average molecular weight is 336 g/mol. The van der Waals surface area contributed by atoms with E-state index in [4.69, 9.17) is 0 Å². The minimum absolute atomic E-state index is 0.460. The van der Waals surface area contributed by atoms with Gasteiger partial charge in [0.2, 0.25) is 0 Å². The maximum absolute atomic E-state index is 3.78. The minimum atomic E-state index is 0.460. The Morgan fingerprint density at radius 1 is 1.32 bits per heavy atom. The Balaban J connectivity index is 1.67. The van der Waals surface area contributed by atoms with Crippen molar-refractivity contribution in [3.8, 4) is 0 Å². The van der Waals surface area contributed by atoms with Crippen molar-refractivity contribution in [2.24, 2.45) is 0 Å². The van der Waals surface area contributed by atoms with E-state index in [1.54, 1.807) is 0 Å². The average Bonchev–Trinajstić information content (AvgIpc) is 2.93. The molecular formula is C16H18BrNS. The molecule has 19 heavy (non-hydrogen) atoms. The summed E-state index contributed by atoms with van der Waals surface area (Å²) in [6.45, 7) is 2.27. The number of aryl methyl sites for hydroxylation is 1. The SMILES string of the molecule is C[C@H](NC1CCc2cc(Br)ccc2C1)c1cccs1. The quantitative estimate of drug-likeness (QED) is 0.855. The van der Waals surface area contributed by atoms with Crippen LogP contribution in [0.15, 0.2) is 40.2 Å². The maximum atomic E-state index is 3.78. The Morgan fingerprint density at radius 2 is 2.21 bits per heavy atom. The Morgan fingerprint density at radius 3 is 3.00 bits per heavy atom. The van der Waals surface area contributed by atoms with Crippen LogP contribution >= 0.6 is 27.3 Å². The van der Waals surface area contributed by atoms with Crippen molar-refractivity contribution in [1.82, 2.24) is 5.32 Å². The number of hydrogen-bond acceptors (Lipinski definition) is 2. The van der Waals surface area contributed by atoms with Crippen LogP contribution in [0.1, 0.15) is 35.4 Å². The number of nitrogens with one attached hydrogen (secondary N) is 1. The van der Waals surface area contributed by atoms with Crippen molar-refractivity contribution in [1.29, 1.82) is 0 Å². The van der Waals surface area contributed by atoms with E-state index in [1.807, 2.05) is 11.3 Å². The van der Waals surface area contributed by atoms with Crippen LogP contribution in [-0.2, 0) is 12.8 Å². The van der Waals surface area contributed by atoms with Crippen LogP contribution in [0.2, 0.25) is 0 Å². The topological polar surface area (TPSA) is 12.0 Å². The van der Waals surface area contributed by atoms with E-state index in [-0.39, 0.29) is 0 Å². The molecule has 2 atom stereocenters. The van der Waals surface area contributed by atoms with Gasteiger partial charge in [-0.2, -0.15) is 0 Å². The van der Waals surface area contributed by atoms with Crippen LogP contribution < -0.4 is 5.32 Å². The lowest BCUT2D eigenvalue weighted by Crippen LogP contribution is -2.36. The van der Waals surface area contributed by atoms with Crippen LogP contribution in [-0.4, -0.2) is 6.04 Å². The highest BCUT2D eigenvalue weighted by Crippen LogP contribution is 2.27. The molecule has 100 valence electrons. The normalized spacial score (nSPS) is 20.0. The molecule has 0 radical (unpaired) electrons. The zero-order valence-electron chi connectivity index (χ0n) is 11.0. The van der Waals surface area contributed by atoms with Crippen molar-refractivity contribution in [2.45, 2.75) is 38.3 Å². The van der Waals surface area contributed by atoms with E-state index in [0.29, 0.717) is 12.1 Å². The summed E-state index contributed by atoms with van der Waals surface area (Å²) in [5.74, 6) is 0. The summed E-state index contributed by atoms with van der Waals surface area (Å²) in [5, 5.41) is 5.93. The monoisotopic (exact) mass is 335 g/mol. The number of fused-ring (bicyclic) bond motifs is 1. The summed E-state index contributed by atoms with van der Waals surface area (Å²) in [6, 6.07) is 12.1. The van der Waals surface area contributed by atoms with Gasteiger partial charge in [0.1, 0.15) is 0 Å². The first-order valence-electron chi connectivity index (χ1n) is 6.79. The number of hydrogen-bond donors (Lipinski definition) is 1. The second-order valence-electron chi connectivity index (χ2n) is 5.26. The van der Waals surface area contributed by atoms with Crippen molar-refractivity contribution in [3.05, 3.63) is 56.2 Å². The zero-order valence-corrected chi connectivity index (χ0v) is 13.4. The molecule has 0 aliphatic heterocycles. The van der Waals surface area contributed by atoms with Crippen molar-refractivity contribution in [3.63, 3.8) is 0 Å². The Bertz CT molecular complexity index is 550. The Labute approximate surface area is 127 Å². The summed E-state index contributed by atoms with van der Waals surface area (Å²) in [4.78, 5) is 1.43. The molecule has 3 rings (SSSR count). The van der Waals surface area contributed by atoms with Crippen molar-refractivity contribution < 1.29 is 0 Å². The first kappa shape index (κ1) is 13.3. The van der Waals surface area contributed by atoms with E-state index < -0.39 is 0 Å². The molecule has 0 amide bonds. The second kappa shape index (κ2) is 5.78. The molecule has 0 bridgehead atoms. The van der Waals surface area contributed by atoms with Gasteiger partial charge >= 0.3 is 0 Å². The predicted octanol–water partition coefficient (Wildman–Crippen LogP) is 4.72. The predicted molar refractivity (Wildman–Crippen MR) is 85.8 cm³/mol. The van der Waals surface area contributed by atoms with Crippen molar-refractivity contribution >= 4 is 27.3 Å². The molecule has 0 fully saturated rings. The standard InChI is InChI=1S/C16H18BrNS/c1-11(16-3-2-8-19-16)18-15-7-5-12-9-14(17)6-4-13(12)10-15/h2-4,6,8-9,11,15,18H,5,7,10H2,1H3/t11-,15?/m0/s1. The summed E-state index contributed by atoms with van der Waals surface area (Å²) in [7, 11) is 0. The van der Waals surface area contributed by atoms with Gasteiger partial charge in [0, 0.05) is 21.4 Å². The van der Waals surface area contributed by atoms with Crippen LogP contribution in [0, 0.1) is 0 Å². The smallest absolute Gasteiger partial charge is 0.0388 e. The number of thiophene rings is 1. The molecule has 0 saturated carbocycles. The first-order chi connectivity index (χ1) is 9.22. The number of benzene rings is 1. The van der Waals surface area contributed by atoms with Gasteiger partial charge in [0.15, 0.2) is 0 Å². The highest BCUT2D eigenvalue weighted by Gasteiger charge is 2.20. The molecule has 0 saturated heterocycles. The second-order valence-corrected chi connectivity index (χ2v) is 7.15. The molecule has 1 aliphatic rings. The fourth-order valence-corrected chi connectivity index (χ4v) is 3.99. The Hall–Kier alpha value is -0.640. The molecule has 1 N–H and O–H groups in total. The largest absolute Gasteiger partial charge is 0.306 e. The zero-order chi connectivity index (χ0) is 13.2. The van der Waals surface area contributed by atoms with E-state index in [2.05, 4.69) is 63.9 Å². The van der Waals surface area contributed by atoms with Crippen LogP contribution in [0.4, 0.5) is 0 Å². The molecule has 2 aromatic rings.